The smallest absolute Gasteiger partial charge is 0.245 e. The van der Waals surface area contributed by atoms with Crippen molar-refractivity contribution in [1.29, 1.82) is 0 Å². The highest BCUT2D eigenvalue weighted by Crippen LogP contribution is 2.32. The summed E-state index contributed by atoms with van der Waals surface area (Å²) < 4.78 is 0. The summed E-state index contributed by atoms with van der Waals surface area (Å²) in [6.45, 7) is 2.10. The van der Waals surface area contributed by atoms with Crippen LogP contribution < -0.4 is 10.4 Å². The number of aromatic nitrogens is 1. The highest BCUT2D eigenvalue weighted by atomic mass is 16.5. The van der Waals surface area contributed by atoms with Gasteiger partial charge in [0.25, 0.3) is 0 Å². The second kappa shape index (κ2) is 7.85. The van der Waals surface area contributed by atoms with Crippen LogP contribution in [0.15, 0.2) is 60.8 Å². The van der Waals surface area contributed by atoms with Crippen molar-refractivity contribution in [2.75, 3.05) is 4.90 Å². The first-order valence-corrected chi connectivity index (χ1v) is 8.57. The fourth-order valence-electron chi connectivity index (χ4n) is 3.26. The number of aromatic amines is 1. The number of hydroxylamine groups is 1. The lowest BCUT2D eigenvalue weighted by atomic mass is 10.0. The van der Waals surface area contributed by atoms with Gasteiger partial charge in [0.2, 0.25) is 5.91 Å². The van der Waals surface area contributed by atoms with Crippen LogP contribution in [0.2, 0.25) is 0 Å². The fourth-order valence-corrected chi connectivity index (χ4v) is 3.26. The van der Waals surface area contributed by atoms with Gasteiger partial charge < -0.3 is 9.88 Å². The van der Waals surface area contributed by atoms with E-state index < -0.39 is 0 Å². The molecule has 5 nitrogen and oxygen atoms in total. The molecule has 0 bridgehead atoms. The van der Waals surface area contributed by atoms with Gasteiger partial charge in [-0.3, -0.25) is 10.0 Å². The third kappa shape index (κ3) is 3.83. The number of H-pyrrole nitrogens is 1. The number of nitrogens with zero attached hydrogens (tertiary/aromatic N) is 1. The summed E-state index contributed by atoms with van der Waals surface area (Å²) in [5.74, 6) is -0.375. The minimum atomic E-state index is -0.375. The number of fused-ring (bicyclic) bond motifs is 1. The molecule has 130 valence electrons. The third-order valence-electron chi connectivity index (χ3n) is 4.38. The van der Waals surface area contributed by atoms with Gasteiger partial charge in [0.1, 0.15) is 0 Å². The first-order valence-electron chi connectivity index (χ1n) is 8.57. The predicted molar refractivity (Wildman–Crippen MR) is 100 cm³/mol. The molecule has 0 spiro atoms. The van der Waals surface area contributed by atoms with E-state index in [1.807, 2.05) is 42.6 Å². The van der Waals surface area contributed by atoms with Crippen molar-refractivity contribution in [3.05, 3.63) is 60.8 Å². The molecule has 2 aromatic carbocycles. The Labute approximate surface area is 147 Å². The summed E-state index contributed by atoms with van der Waals surface area (Å²) in [4.78, 5) is 17.3. The van der Waals surface area contributed by atoms with Gasteiger partial charge in [0, 0.05) is 35.6 Å². The van der Waals surface area contributed by atoms with Crippen molar-refractivity contribution in [2.24, 2.45) is 0 Å². The van der Waals surface area contributed by atoms with E-state index in [0.717, 1.165) is 35.1 Å². The van der Waals surface area contributed by atoms with E-state index in [4.69, 9.17) is 5.21 Å². The van der Waals surface area contributed by atoms with Crippen LogP contribution in [0.1, 0.15) is 26.2 Å². The highest BCUT2D eigenvalue weighted by Gasteiger charge is 2.23. The lowest BCUT2D eigenvalue weighted by Gasteiger charge is -2.33. The monoisotopic (exact) mass is 337 g/mol. The number of carbonyl (C=O) groups is 1. The van der Waals surface area contributed by atoms with Crippen LogP contribution in [0, 0.1) is 0 Å². The molecule has 0 saturated carbocycles. The molecule has 0 fully saturated rings. The zero-order valence-electron chi connectivity index (χ0n) is 14.3. The van der Waals surface area contributed by atoms with Crippen molar-refractivity contribution >= 4 is 28.2 Å². The van der Waals surface area contributed by atoms with Crippen molar-refractivity contribution in [3.8, 4) is 0 Å². The Morgan fingerprint density at radius 2 is 1.96 bits per heavy atom. The number of rotatable bonds is 7. The van der Waals surface area contributed by atoms with Crippen LogP contribution in [-0.2, 0) is 4.79 Å². The van der Waals surface area contributed by atoms with Crippen LogP contribution in [0.4, 0.5) is 11.4 Å². The molecule has 3 rings (SSSR count). The SMILES string of the molecule is CCCC(CC(=O)NO)N(c1ccccc1)c1ccc2cc[nH]c2c1. The second-order valence-corrected chi connectivity index (χ2v) is 6.14. The number of anilines is 2. The Bertz CT molecular complexity index is 829. The molecule has 1 unspecified atom stereocenters. The van der Waals surface area contributed by atoms with E-state index in [1.165, 1.54) is 0 Å². The first kappa shape index (κ1) is 17.0. The summed E-state index contributed by atoms with van der Waals surface area (Å²) >= 11 is 0. The third-order valence-corrected chi connectivity index (χ3v) is 4.38. The van der Waals surface area contributed by atoms with Crippen LogP contribution in [0.5, 0.6) is 0 Å². The molecule has 0 saturated heterocycles. The molecule has 0 aliphatic heterocycles. The van der Waals surface area contributed by atoms with E-state index in [9.17, 15) is 4.79 Å². The normalized spacial score (nSPS) is 12.1. The number of carbonyl (C=O) groups excluding carboxylic acids is 1. The largest absolute Gasteiger partial charge is 0.361 e. The van der Waals surface area contributed by atoms with Crippen molar-refractivity contribution in [1.82, 2.24) is 10.5 Å². The van der Waals surface area contributed by atoms with Gasteiger partial charge in [-0.15, -0.1) is 0 Å². The number of amides is 1. The van der Waals surface area contributed by atoms with Gasteiger partial charge in [-0.05, 0) is 42.1 Å². The van der Waals surface area contributed by atoms with Gasteiger partial charge in [0.05, 0.1) is 0 Å². The highest BCUT2D eigenvalue weighted by molar-refractivity contribution is 5.85. The maximum atomic E-state index is 11.8. The minimum absolute atomic E-state index is 0.0491. The molecule has 0 aliphatic rings. The lowest BCUT2D eigenvalue weighted by Crippen LogP contribution is -2.36. The number of benzene rings is 2. The molecular weight excluding hydrogens is 314 g/mol. The van der Waals surface area contributed by atoms with Crippen LogP contribution in [0.25, 0.3) is 10.9 Å². The molecule has 1 atom stereocenters. The Morgan fingerprint density at radius 3 is 2.68 bits per heavy atom. The Balaban J connectivity index is 2.05. The molecule has 3 N–H and O–H groups in total. The zero-order chi connectivity index (χ0) is 17.6. The number of nitrogens with one attached hydrogen (secondary N) is 2. The van der Waals surface area contributed by atoms with Crippen LogP contribution in [0.3, 0.4) is 0 Å². The average molecular weight is 337 g/mol. The Hall–Kier alpha value is -2.79. The summed E-state index contributed by atoms with van der Waals surface area (Å²) in [6, 6.07) is 18.3. The summed E-state index contributed by atoms with van der Waals surface area (Å²) in [6.07, 6.45) is 3.93. The van der Waals surface area contributed by atoms with Crippen LogP contribution in [-0.4, -0.2) is 22.1 Å². The van der Waals surface area contributed by atoms with Gasteiger partial charge in [-0.2, -0.15) is 0 Å². The molecule has 0 radical (unpaired) electrons. The molecule has 0 aliphatic carbocycles. The van der Waals surface area contributed by atoms with E-state index in [-0.39, 0.29) is 18.4 Å². The maximum Gasteiger partial charge on any atom is 0.245 e. The lowest BCUT2D eigenvalue weighted by molar-refractivity contribution is -0.129. The summed E-state index contributed by atoms with van der Waals surface area (Å²) in [5.41, 5.74) is 4.87. The van der Waals surface area contributed by atoms with Gasteiger partial charge in [-0.1, -0.05) is 37.6 Å². The minimum Gasteiger partial charge on any atom is -0.361 e. The van der Waals surface area contributed by atoms with Gasteiger partial charge in [-0.25, -0.2) is 5.48 Å². The maximum absolute atomic E-state index is 11.8. The summed E-state index contributed by atoms with van der Waals surface area (Å²) in [5, 5.41) is 10.1. The first-order chi connectivity index (χ1) is 12.2. The second-order valence-electron chi connectivity index (χ2n) is 6.14. The number of hydrogen-bond acceptors (Lipinski definition) is 3. The Kier molecular flexibility index (Phi) is 5.36. The summed E-state index contributed by atoms with van der Waals surface area (Å²) in [7, 11) is 0. The molecule has 1 amide bonds. The molecular formula is C20H23N3O2. The quantitative estimate of drug-likeness (QED) is 0.443. The van der Waals surface area contributed by atoms with Crippen molar-refractivity contribution < 1.29 is 10.0 Å². The molecule has 5 heteroatoms. The van der Waals surface area contributed by atoms with E-state index in [0.29, 0.717) is 0 Å². The van der Waals surface area contributed by atoms with Crippen molar-refractivity contribution in [2.45, 2.75) is 32.2 Å². The zero-order valence-corrected chi connectivity index (χ0v) is 14.3. The van der Waals surface area contributed by atoms with E-state index in [1.54, 1.807) is 5.48 Å². The standard InChI is InChI=1S/C20H23N3O2/c1-2-6-17(14-20(24)22-25)23(16-7-4-3-5-8-16)18-10-9-15-11-12-21-19(15)13-18/h3-5,7-13,17,21,25H,2,6,14H2,1H3,(H,22,24). The molecule has 3 aromatic rings. The number of hydrogen-bond donors (Lipinski definition) is 3. The van der Waals surface area contributed by atoms with E-state index in [2.05, 4.69) is 35.0 Å². The predicted octanol–water partition coefficient (Wildman–Crippen LogP) is 4.37. The van der Waals surface area contributed by atoms with E-state index >= 15 is 0 Å². The number of para-hydroxylation sites is 1. The fraction of sp³-hybridized carbons (Fsp3) is 0.250. The molecule has 1 heterocycles. The Morgan fingerprint density at radius 1 is 1.16 bits per heavy atom. The van der Waals surface area contributed by atoms with Gasteiger partial charge >= 0.3 is 0 Å². The van der Waals surface area contributed by atoms with Crippen molar-refractivity contribution in [3.63, 3.8) is 0 Å². The topological polar surface area (TPSA) is 68.4 Å². The van der Waals surface area contributed by atoms with Crippen LogP contribution >= 0.6 is 0 Å². The molecule has 1 aromatic heterocycles. The molecule has 25 heavy (non-hydrogen) atoms. The van der Waals surface area contributed by atoms with Gasteiger partial charge in [0.15, 0.2) is 0 Å². The average Bonchev–Trinajstić information content (AvgIpc) is 3.11.